The van der Waals surface area contributed by atoms with Crippen molar-refractivity contribution < 1.29 is 100 Å². The number of fused-ring (bicyclic) bond motifs is 2. The Morgan fingerprint density at radius 1 is 0.988 bits per heavy atom. The Balaban J connectivity index is 1.54. The number of ether oxygens (including phenoxy) is 1. The highest BCUT2D eigenvalue weighted by molar-refractivity contribution is 7.86. The molecule has 6 rings (SSSR count). The van der Waals surface area contributed by atoms with Crippen LogP contribution in [0.1, 0.15) is 85.9 Å². The minimum absolute atomic E-state index is 0.165. The molecule has 4 atom stereocenters. The quantitative estimate of drug-likeness (QED) is 0.0249. The number of anilines is 1. The van der Waals surface area contributed by atoms with E-state index in [1.54, 1.807) is 0 Å². The van der Waals surface area contributed by atoms with E-state index < -0.39 is 203 Å². The number of aromatic nitrogens is 5. The van der Waals surface area contributed by atoms with E-state index in [-0.39, 0.29) is 27.1 Å². The van der Waals surface area contributed by atoms with Gasteiger partial charge in [0.15, 0.2) is 11.5 Å². The zero-order valence-electron chi connectivity index (χ0n) is 42.6. The van der Waals surface area contributed by atoms with E-state index in [2.05, 4.69) is 41.6 Å². The van der Waals surface area contributed by atoms with Crippen LogP contribution in [-0.2, 0) is 81.6 Å². The van der Waals surface area contributed by atoms with Gasteiger partial charge in [0, 0.05) is 65.5 Å². The molecule has 0 bridgehead atoms. The summed E-state index contributed by atoms with van der Waals surface area (Å²) in [6.07, 6.45) is -12.7. The summed E-state index contributed by atoms with van der Waals surface area (Å²) in [7, 11) is -9.30. The maximum absolute atomic E-state index is 15.5. The highest BCUT2D eigenvalue weighted by Gasteiger charge is 2.53. The van der Waals surface area contributed by atoms with Gasteiger partial charge in [0.05, 0.1) is 27.7 Å². The Labute approximate surface area is 462 Å². The van der Waals surface area contributed by atoms with Crippen LogP contribution in [0.5, 0.6) is 0 Å². The number of alkyl halides is 8. The molecule has 440 valence electrons. The van der Waals surface area contributed by atoms with E-state index in [1.807, 2.05) is 0 Å². The number of hydrogen-bond acceptors (Lipinski definition) is 12. The number of pyridine rings is 1. The Kier molecular flexibility index (Phi) is 19.3. The molecule has 20 nitrogen and oxygen atoms in total. The SMILES string of the molecule is C[C@H]1CC(F)(F)c2c1c(C(F)(F)F)nn2CC(=O)NC(Cc1cc(F)cc(F)c1)c1nc(C#CC(C)(C)S(C)=O)ccc1-c1ccc(Cl)c2c(N(C(=O)CCCN(CC(=O)O)C(=O)OCOP(=O)(O)O)S(C)=O)nn(CC(F)(F)F)c12. The number of amides is 3. The van der Waals surface area contributed by atoms with Gasteiger partial charge in [0.1, 0.15) is 58.4 Å². The first-order valence-electron chi connectivity index (χ1n) is 23.3. The summed E-state index contributed by atoms with van der Waals surface area (Å²) in [6.45, 7) is -2.26. The van der Waals surface area contributed by atoms with Crippen molar-refractivity contribution in [3.63, 3.8) is 0 Å². The van der Waals surface area contributed by atoms with Gasteiger partial charge in [-0.2, -0.15) is 45.3 Å². The summed E-state index contributed by atoms with van der Waals surface area (Å²) < 4.78 is 193. The summed E-state index contributed by atoms with van der Waals surface area (Å²) in [5.41, 5.74) is -5.81. The first-order chi connectivity index (χ1) is 37.4. The van der Waals surface area contributed by atoms with Gasteiger partial charge >= 0.3 is 32.2 Å². The molecule has 5 aromatic rings. The molecule has 0 spiro atoms. The van der Waals surface area contributed by atoms with E-state index >= 15 is 8.78 Å². The molecule has 3 aromatic heterocycles. The van der Waals surface area contributed by atoms with E-state index in [4.69, 9.17) is 21.4 Å². The van der Waals surface area contributed by atoms with Crippen molar-refractivity contribution in [2.45, 2.75) is 94.5 Å². The first-order valence-corrected chi connectivity index (χ1v) is 28.3. The van der Waals surface area contributed by atoms with Crippen molar-refractivity contribution in [2.75, 3.05) is 36.7 Å². The van der Waals surface area contributed by atoms with Crippen LogP contribution in [0, 0.1) is 23.5 Å². The minimum atomic E-state index is -5.26. The number of benzene rings is 2. The highest BCUT2D eigenvalue weighted by Crippen LogP contribution is 2.52. The van der Waals surface area contributed by atoms with Crippen molar-refractivity contribution in [3.8, 4) is 23.0 Å². The predicted octanol–water partition coefficient (Wildman–Crippen LogP) is 8.01. The number of rotatable bonds is 20. The molecule has 1 aliphatic carbocycles. The van der Waals surface area contributed by atoms with Crippen molar-refractivity contribution in [1.82, 2.24) is 34.8 Å². The second-order valence-electron chi connectivity index (χ2n) is 18.6. The molecule has 0 aliphatic heterocycles. The van der Waals surface area contributed by atoms with Gasteiger partial charge in [0.25, 0.3) is 5.92 Å². The average Bonchev–Trinajstić information content (AvgIpc) is 4.15. The van der Waals surface area contributed by atoms with Gasteiger partial charge in [-0.15, -0.1) is 0 Å². The number of halogens is 11. The second-order valence-corrected chi connectivity index (χ2v) is 23.4. The molecule has 0 saturated carbocycles. The van der Waals surface area contributed by atoms with Crippen LogP contribution in [0.2, 0.25) is 5.02 Å². The largest absolute Gasteiger partial charge is 0.480 e. The monoisotopic (exact) mass is 1230 g/mol. The number of hydrogen-bond donors (Lipinski definition) is 4. The number of phosphoric acid groups is 1. The van der Waals surface area contributed by atoms with E-state index in [0.717, 1.165) is 37.4 Å². The van der Waals surface area contributed by atoms with Gasteiger partial charge in [-0.25, -0.2) is 36.2 Å². The number of carbonyl (C=O) groups is 4. The molecule has 34 heteroatoms. The number of nitrogens with one attached hydrogen (secondary N) is 1. The highest BCUT2D eigenvalue weighted by atomic mass is 35.5. The summed E-state index contributed by atoms with van der Waals surface area (Å²) in [5, 5.41) is 18.3. The third-order valence-corrected chi connectivity index (χ3v) is 15.2. The maximum atomic E-state index is 15.5. The Morgan fingerprint density at radius 2 is 1.63 bits per heavy atom. The predicted molar refractivity (Wildman–Crippen MR) is 269 cm³/mol. The van der Waals surface area contributed by atoms with E-state index in [0.29, 0.717) is 20.0 Å². The summed E-state index contributed by atoms with van der Waals surface area (Å²) in [4.78, 5) is 75.2. The number of nitrogens with zero attached hydrogens (tertiary/aromatic N) is 7. The molecule has 0 fully saturated rings. The van der Waals surface area contributed by atoms with Gasteiger partial charge in [-0.05, 0) is 74.4 Å². The molecular formula is C47H46ClF10N8O12PS2. The van der Waals surface area contributed by atoms with Gasteiger partial charge in [0.2, 0.25) is 18.6 Å². The molecule has 0 saturated heterocycles. The standard InChI is InChI=1S/C47H46ClF10N8O12PS2/c1-24-19-45(51,52)41-36(24)40(47(56,57)58)61-64(41)20-33(67)60-32(17-25-15-26(49)18-27(50)16-25)38-29(9-8-28(59-38)12-13-44(2,3)80(4)75)30-10-11-31(48)37-39(30)65(22-46(53,54)55)62-42(37)66(81(5)76)34(68)7-6-14-63(21-35(69)70)43(71)77-23-78-79(72,73)74/h8-11,15-16,18,24,32H,6-7,14,17,19-23H2,1-5H3,(H,60,67)(H,69,70)(H2,72,73,74)/t24-,32?,80?,81?/m0/s1. The molecule has 1 aliphatic rings. The zero-order valence-corrected chi connectivity index (χ0v) is 45.9. The Morgan fingerprint density at radius 3 is 2.21 bits per heavy atom. The van der Waals surface area contributed by atoms with Crippen LogP contribution >= 0.6 is 19.4 Å². The van der Waals surface area contributed by atoms with Gasteiger partial charge in [-0.1, -0.05) is 30.5 Å². The fraction of sp³-hybridized carbons (Fsp3) is 0.426. The number of carboxylic acids is 1. The molecular weight excluding hydrogens is 1190 g/mol. The minimum Gasteiger partial charge on any atom is -0.480 e. The van der Waals surface area contributed by atoms with Crippen molar-refractivity contribution in [2.24, 2.45) is 0 Å². The van der Waals surface area contributed by atoms with E-state index in [9.17, 15) is 72.4 Å². The molecule has 3 unspecified atom stereocenters. The van der Waals surface area contributed by atoms with Crippen LogP contribution in [-0.4, -0.2) is 120 Å². The molecule has 2 aromatic carbocycles. The first kappa shape index (κ1) is 63.7. The maximum Gasteiger partial charge on any atom is 0.472 e. The molecule has 4 N–H and O–H groups in total. The van der Waals surface area contributed by atoms with Gasteiger partial charge < -0.3 is 24.9 Å². The van der Waals surface area contributed by atoms with Crippen LogP contribution < -0.4 is 9.62 Å². The smallest absolute Gasteiger partial charge is 0.472 e. The molecule has 3 heterocycles. The summed E-state index contributed by atoms with van der Waals surface area (Å²) in [6, 6.07) is 4.96. The van der Waals surface area contributed by atoms with Crippen molar-refractivity contribution in [3.05, 3.63) is 93.0 Å². The lowest BCUT2D eigenvalue weighted by Gasteiger charge is -2.23. The summed E-state index contributed by atoms with van der Waals surface area (Å²) >= 11 is 6.71. The summed E-state index contributed by atoms with van der Waals surface area (Å²) in [5.74, 6) is -7.02. The van der Waals surface area contributed by atoms with Crippen LogP contribution in [0.3, 0.4) is 0 Å². The zero-order chi connectivity index (χ0) is 60.5. The normalized spacial score (nSPS) is 15.6. The van der Waals surface area contributed by atoms with Gasteiger partial charge in [-0.3, -0.25) is 32.9 Å². The molecule has 81 heavy (non-hydrogen) atoms. The topological polar surface area (TPSA) is 266 Å². The van der Waals surface area contributed by atoms with E-state index in [1.165, 1.54) is 32.2 Å². The van der Waals surface area contributed by atoms with Crippen LogP contribution in [0.25, 0.3) is 22.0 Å². The fourth-order valence-electron chi connectivity index (χ4n) is 8.56. The lowest BCUT2D eigenvalue weighted by molar-refractivity contribution is -0.143. The number of carbonyl (C=O) groups excluding carboxylic acids is 3. The Bertz CT molecular complexity index is 3440. The lowest BCUT2D eigenvalue weighted by atomic mass is 9.93. The third-order valence-electron chi connectivity index (χ3n) is 12.0. The molecule has 0 radical (unpaired) electrons. The average molecular weight is 1240 g/mol. The fourth-order valence-corrected chi connectivity index (χ4v) is 9.93. The number of aliphatic carboxylic acids is 1. The molecule has 3 amide bonds. The van der Waals surface area contributed by atoms with Crippen molar-refractivity contribution in [1.29, 1.82) is 0 Å². The Hall–Kier alpha value is -6.49. The number of phosphoric ester groups is 1. The van der Waals surface area contributed by atoms with Crippen LogP contribution in [0.4, 0.5) is 54.5 Å². The number of carboxylic acid groups (broad SMARTS) is 1. The third kappa shape index (κ3) is 15.7. The second kappa shape index (κ2) is 24.5. The van der Waals surface area contributed by atoms with Crippen molar-refractivity contribution >= 4 is 81.8 Å². The van der Waals surface area contributed by atoms with Crippen LogP contribution in [0.15, 0.2) is 42.5 Å². The lowest BCUT2D eigenvalue weighted by Crippen LogP contribution is -2.38.